The molecule has 0 spiro atoms. The number of methoxy groups -OCH3 is 1. The van der Waals surface area contributed by atoms with E-state index in [0.717, 1.165) is 35.8 Å². The zero-order valence-corrected chi connectivity index (χ0v) is 20.5. The van der Waals surface area contributed by atoms with Crippen LogP contribution in [0.5, 0.6) is 5.75 Å². The van der Waals surface area contributed by atoms with Gasteiger partial charge in [0.25, 0.3) is 5.91 Å². The molecule has 0 aliphatic carbocycles. The summed E-state index contributed by atoms with van der Waals surface area (Å²) in [5.74, 6) is 1.54. The van der Waals surface area contributed by atoms with Crippen LogP contribution in [-0.4, -0.2) is 31.6 Å². The highest BCUT2D eigenvalue weighted by atomic mass is 127. The third kappa shape index (κ3) is 8.22. The highest BCUT2D eigenvalue weighted by molar-refractivity contribution is 14.0. The summed E-state index contributed by atoms with van der Waals surface area (Å²) in [6.07, 6.45) is 0.910. The first-order valence-corrected chi connectivity index (χ1v) is 10.1. The van der Waals surface area contributed by atoms with Crippen LogP contribution in [0.2, 0.25) is 0 Å². The van der Waals surface area contributed by atoms with E-state index in [1.54, 1.807) is 7.11 Å². The first kappa shape index (κ1) is 25.7. The van der Waals surface area contributed by atoms with Crippen LogP contribution < -0.4 is 20.7 Å². The van der Waals surface area contributed by atoms with Crippen molar-refractivity contribution >= 4 is 35.8 Å². The maximum atomic E-state index is 12.2. The summed E-state index contributed by atoms with van der Waals surface area (Å²) in [5.41, 5.74) is 2.77. The number of guanidine groups is 1. The predicted molar refractivity (Wildman–Crippen MR) is 134 cm³/mol. The van der Waals surface area contributed by atoms with Gasteiger partial charge in [0.15, 0.2) is 5.96 Å². The van der Waals surface area contributed by atoms with Crippen LogP contribution in [0.4, 0.5) is 0 Å². The zero-order valence-electron chi connectivity index (χ0n) is 18.2. The Balaban J connectivity index is 0.00000450. The molecule has 2 rings (SSSR count). The lowest BCUT2D eigenvalue weighted by Gasteiger charge is -2.13. The quantitative estimate of drug-likeness (QED) is 0.263. The van der Waals surface area contributed by atoms with Crippen molar-refractivity contribution in [3.8, 4) is 5.75 Å². The molecular formula is C23H33IN4O2. The fourth-order valence-corrected chi connectivity index (χ4v) is 2.71. The molecule has 0 aliphatic rings. The highest BCUT2D eigenvalue weighted by Gasteiger charge is 2.08. The molecule has 30 heavy (non-hydrogen) atoms. The Bertz CT molecular complexity index is 809. The van der Waals surface area contributed by atoms with Gasteiger partial charge in [-0.2, -0.15) is 0 Å². The summed E-state index contributed by atoms with van der Waals surface area (Å²) in [4.78, 5) is 16.8. The van der Waals surface area contributed by atoms with Crippen LogP contribution in [0, 0.1) is 0 Å². The number of para-hydroxylation sites is 1. The van der Waals surface area contributed by atoms with Gasteiger partial charge < -0.3 is 20.7 Å². The molecule has 164 valence electrons. The van der Waals surface area contributed by atoms with Crippen LogP contribution in [0.15, 0.2) is 53.5 Å². The van der Waals surface area contributed by atoms with Gasteiger partial charge in [0.2, 0.25) is 0 Å². The van der Waals surface area contributed by atoms with E-state index in [9.17, 15) is 4.79 Å². The summed E-state index contributed by atoms with van der Waals surface area (Å²) in [6.45, 7) is 7.99. The smallest absolute Gasteiger partial charge is 0.251 e. The Morgan fingerprint density at radius 1 is 1.07 bits per heavy atom. The number of carbonyl (C=O) groups is 1. The van der Waals surface area contributed by atoms with Crippen molar-refractivity contribution < 1.29 is 9.53 Å². The Morgan fingerprint density at radius 3 is 2.40 bits per heavy atom. The van der Waals surface area contributed by atoms with E-state index in [-0.39, 0.29) is 35.9 Å². The number of halogens is 1. The lowest BCUT2D eigenvalue weighted by atomic mass is 10.1. The molecule has 0 saturated heterocycles. The molecule has 0 bridgehead atoms. The molecule has 0 saturated carbocycles. The van der Waals surface area contributed by atoms with Crippen molar-refractivity contribution in [2.45, 2.75) is 46.3 Å². The van der Waals surface area contributed by atoms with Crippen LogP contribution in [0.3, 0.4) is 0 Å². The lowest BCUT2D eigenvalue weighted by molar-refractivity contribution is 0.0939. The molecule has 1 amide bonds. The molecule has 7 heteroatoms. The number of amides is 1. The van der Waals surface area contributed by atoms with E-state index in [4.69, 9.17) is 4.74 Å². The van der Waals surface area contributed by atoms with Gasteiger partial charge in [-0.25, -0.2) is 4.99 Å². The molecule has 2 aromatic carbocycles. The molecular weight excluding hydrogens is 491 g/mol. The Kier molecular flexibility index (Phi) is 11.9. The molecule has 3 N–H and O–H groups in total. The Hall–Kier alpha value is -2.29. The number of hydrogen-bond acceptors (Lipinski definition) is 3. The second kappa shape index (κ2) is 13.8. The first-order valence-electron chi connectivity index (χ1n) is 10.1. The molecule has 6 nitrogen and oxygen atoms in total. The molecule has 0 heterocycles. The van der Waals surface area contributed by atoms with E-state index in [0.29, 0.717) is 18.7 Å². The highest BCUT2D eigenvalue weighted by Crippen LogP contribution is 2.16. The molecule has 1 unspecified atom stereocenters. The number of hydrogen-bond donors (Lipinski definition) is 3. The van der Waals surface area contributed by atoms with Gasteiger partial charge in [0.1, 0.15) is 5.75 Å². The molecule has 1 atom stereocenters. The normalized spacial score (nSPS) is 11.8. The first-order chi connectivity index (χ1) is 14.1. The van der Waals surface area contributed by atoms with E-state index >= 15 is 0 Å². The minimum absolute atomic E-state index is 0. The van der Waals surface area contributed by atoms with Gasteiger partial charge >= 0.3 is 0 Å². The number of aliphatic imine (C=N–C) groups is 1. The fraction of sp³-hybridized carbons (Fsp3) is 0.391. The van der Waals surface area contributed by atoms with Gasteiger partial charge in [-0.3, -0.25) is 4.79 Å². The maximum Gasteiger partial charge on any atom is 0.251 e. The van der Waals surface area contributed by atoms with Gasteiger partial charge in [0.05, 0.1) is 13.7 Å². The topological polar surface area (TPSA) is 74.8 Å². The van der Waals surface area contributed by atoms with Crippen LogP contribution in [0.1, 0.15) is 48.7 Å². The molecule has 0 aromatic heterocycles. The molecule has 0 radical (unpaired) electrons. The van der Waals surface area contributed by atoms with Gasteiger partial charge in [-0.15, -0.1) is 24.0 Å². The van der Waals surface area contributed by atoms with Crippen molar-refractivity contribution in [2.75, 3.05) is 13.7 Å². The monoisotopic (exact) mass is 524 g/mol. The standard InChI is InChI=1S/C23H32N4O2.HI/c1-5-17(3)27-22(28)19-13-11-18(12-14-19)15-25-23(24-6-2)26-16-20-9-7-8-10-21(20)29-4;/h7-14,17H,5-6,15-16H2,1-4H3,(H,27,28)(H2,24,25,26);1H. The van der Waals surface area contributed by atoms with E-state index < -0.39 is 0 Å². The molecule has 0 aliphatic heterocycles. The van der Waals surface area contributed by atoms with Crippen LogP contribution in [-0.2, 0) is 13.1 Å². The fourth-order valence-electron chi connectivity index (χ4n) is 2.71. The third-order valence-corrected chi connectivity index (χ3v) is 4.61. The molecule has 2 aromatic rings. The Labute approximate surface area is 196 Å². The number of nitrogens with one attached hydrogen (secondary N) is 3. The number of benzene rings is 2. The SMILES string of the molecule is CCNC(=NCc1ccc(C(=O)NC(C)CC)cc1)NCc1ccccc1OC.I. The summed E-state index contributed by atoms with van der Waals surface area (Å²) in [7, 11) is 1.67. The number of rotatable bonds is 9. The maximum absolute atomic E-state index is 12.2. The van der Waals surface area contributed by atoms with Gasteiger partial charge in [0, 0.05) is 30.3 Å². The van der Waals surface area contributed by atoms with Gasteiger partial charge in [-0.1, -0.05) is 37.3 Å². The third-order valence-electron chi connectivity index (χ3n) is 4.61. The van der Waals surface area contributed by atoms with Crippen molar-refractivity contribution in [3.05, 3.63) is 65.2 Å². The largest absolute Gasteiger partial charge is 0.496 e. The van der Waals surface area contributed by atoms with Crippen LogP contribution >= 0.6 is 24.0 Å². The van der Waals surface area contributed by atoms with Crippen molar-refractivity contribution in [2.24, 2.45) is 4.99 Å². The van der Waals surface area contributed by atoms with Crippen LogP contribution in [0.25, 0.3) is 0 Å². The Morgan fingerprint density at radius 2 is 1.77 bits per heavy atom. The van der Waals surface area contributed by atoms with Crippen molar-refractivity contribution in [1.82, 2.24) is 16.0 Å². The van der Waals surface area contributed by atoms with Crippen molar-refractivity contribution in [3.63, 3.8) is 0 Å². The lowest BCUT2D eigenvalue weighted by Crippen LogP contribution is -2.36. The second-order valence-corrected chi connectivity index (χ2v) is 6.84. The number of ether oxygens (including phenoxy) is 1. The second-order valence-electron chi connectivity index (χ2n) is 6.84. The number of carbonyl (C=O) groups excluding carboxylic acids is 1. The van der Waals surface area contributed by atoms with Crippen molar-refractivity contribution in [1.29, 1.82) is 0 Å². The van der Waals surface area contributed by atoms with E-state index in [1.165, 1.54) is 0 Å². The predicted octanol–water partition coefficient (Wildman–Crippen LogP) is 4.10. The number of nitrogens with zero attached hydrogens (tertiary/aromatic N) is 1. The van der Waals surface area contributed by atoms with E-state index in [2.05, 4.69) is 27.9 Å². The summed E-state index contributed by atoms with van der Waals surface area (Å²) >= 11 is 0. The zero-order chi connectivity index (χ0) is 21.1. The average molecular weight is 524 g/mol. The molecule has 0 fully saturated rings. The van der Waals surface area contributed by atoms with Gasteiger partial charge in [-0.05, 0) is 44.0 Å². The summed E-state index contributed by atoms with van der Waals surface area (Å²) in [6, 6.07) is 15.7. The average Bonchev–Trinajstić information content (AvgIpc) is 2.76. The summed E-state index contributed by atoms with van der Waals surface area (Å²) in [5, 5.41) is 9.56. The minimum atomic E-state index is -0.0405. The summed E-state index contributed by atoms with van der Waals surface area (Å²) < 4.78 is 5.40. The van der Waals surface area contributed by atoms with E-state index in [1.807, 2.05) is 62.4 Å². The minimum Gasteiger partial charge on any atom is -0.496 e.